The molecule has 0 spiro atoms. The number of carbonyl (C=O) groups is 2. The lowest BCUT2D eigenvalue weighted by Gasteiger charge is -2.36. The molecule has 5 aromatic rings. The van der Waals surface area contributed by atoms with Crippen LogP contribution in [0.4, 0.5) is 11.4 Å². The van der Waals surface area contributed by atoms with Crippen LogP contribution in [0.3, 0.4) is 0 Å². The maximum atomic E-state index is 13.3. The second-order valence-corrected chi connectivity index (χ2v) is 17.1. The minimum atomic E-state index is -4.15. The molecule has 0 radical (unpaired) electrons. The normalized spacial score (nSPS) is 13.9. The summed E-state index contributed by atoms with van der Waals surface area (Å²) in [5.74, 6) is -0.0738. The molecule has 9 nitrogen and oxygen atoms in total. The first-order valence-electron chi connectivity index (χ1n) is 18.2. The summed E-state index contributed by atoms with van der Waals surface area (Å²) in [5.41, 5.74) is 6.24. The summed E-state index contributed by atoms with van der Waals surface area (Å²) in [7, 11) is -0.696. The Bertz CT molecular complexity index is 2190. The van der Waals surface area contributed by atoms with Crippen LogP contribution in [0.5, 0.6) is 0 Å². The van der Waals surface area contributed by atoms with Crippen molar-refractivity contribution >= 4 is 56.6 Å². The van der Waals surface area contributed by atoms with E-state index in [1.165, 1.54) is 23.3 Å². The number of carbonyl (C=O) groups excluding carboxylic acids is 2. The van der Waals surface area contributed by atoms with Crippen molar-refractivity contribution < 1.29 is 18.0 Å². The number of hydrogen-bond acceptors (Lipinski definition) is 8. The molecule has 1 atom stereocenters. The third-order valence-corrected chi connectivity index (χ3v) is 12.4. The lowest BCUT2D eigenvalue weighted by Crippen LogP contribution is -2.46. The lowest BCUT2D eigenvalue weighted by molar-refractivity contribution is -0.128. The Morgan fingerprint density at radius 2 is 1.51 bits per heavy atom. The van der Waals surface area contributed by atoms with E-state index in [1.807, 2.05) is 54.6 Å². The molecular weight excluding hydrogens is 750 g/mol. The van der Waals surface area contributed by atoms with E-state index in [9.17, 15) is 18.0 Å². The number of hydrogen-bond donors (Lipinski definition) is 2. The van der Waals surface area contributed by atoms with E-state index >= 15 is 0 Å². The molecule has 1 aliphatic rings. The van der Waals surface area contributed by atoms with Crippen LogP contribution in [0.1, 0.15) is 27.9 Å². The van der Waals surface area contributed by atoms with Crippen LogP contribution in [-0.2, 0) is 21.4 Å². The van der Waals surface area contributed by atoms with E-state index in [4.69, 9.17) is 11.6 Å². The van der Waals surface area contributed by atoms with Crippen LogP contribution in [0.2, 0.25) is 5.02 Å². The highest BCUT2D eigenvalue weighted by molar-refractivity contribution is 7.99. The molecule has 1 aliphatic heterocycles. The fraction of sp³-hybridized carbons (Fsp3) is 0.256. The van der Waals surface area contributed by atoms with E-state index in [2.05, 4.69) is 56.2 Å². The summed E-state index contributed by atoms with van der Waals surface area (Å²) < 4.78 is 28.9. The molecule has 0 aromatic heterocycles. The van der Waals surface area contributed by atoms with Gasteiger partial charge in [-0.15, -0.1) is 11.8 Å². The Labute approximate surface area is 333 Å². The molecule has 55 heavy (non-hydrogen) atoms. The number of benzene rings is 5. The standard InChI is InChI=1S/C43H46ClN5O4S2/c1-31-27-39(21-22-41(31)45-36(28-42(50)47(2)3)30-54-38-10-5-4-6-11-38)55(52,53)46-43(51)33-15-19-37(20-16-33)49-25-23-48(24-26-49)29-34-9-7-8-12-40(34)32-13-17-35(44)18-14-32/h4-22,27,36,45H,23-26,28-30H2,1-3H3,(H,46,51)/t36-/m1/s1. The van der Waals surface area contributed by atoms with Gasteiger partial charge in [0.25, 0.3) is 15.9 Å². The Hall–Kier alpha value is -4.81. The number of amides is 2. The third-order valence-electron chi connectivity index (χ3n) is 9.64. The molecule has 0 unspecified atom stereocenters. The fourth-order valence-corrected chi connectivity index (χ4v) is 8.61. The highest BCUT2D eigenvalue weighted by Gasteiger charge is 2.23. The maximum Gasteiger partial charge on any atom is 0.264 e. The number of sulfonamides is 1. The molecule has 1 fully saturated rings. The predicted molar refractivity (Wildman–Crippen MR) is 225 cm³/mol. The molecule has 286 valence electrons. The minimum Gasteiger partial charge on any atom is -0.381 e. The molecule has 0 aliphatic carbocycles. The van der Waals surface area contributed by atoms with Gasteiger partial charge in [-0.05, 0) is 95.9 Å². The first-order valence-corrected chi connectivity index (χ1v) is 21.0. The number of aryl methyl sites for hydroxylation is 1. The first kappa shape index (κ1) is 39.9. The molecule has 12 heteroatoms. The monoisotopic (exact) mass is 795 g/mol. The van der Waals surface area contributed by atoms with Crippen LogP contribution in [-0.4, -0.2) is 82.1 Å². The molecule has 0 saturated carbocycles. The minimum absolute atomic E-state index is 0.00936. The fourth-order valence-electron chi connectivity index (χ4n) is 6.48. The van der Waals surface area contributed by atoms with E-state index in [1.54, 1.807) is 55.9 Å². The molecule has 2 amide bonds. The molecular formula is C43H46ClN5O4S2. The van der Waals surface area contributed by atoms with Crippen molar-refractivity contribution in [2.45, 2.75) is 35.7 Å². The van der Waals surface area contributed by atoms with Crippen molar-refractivity contribution in [3.63, 3.8) is 0 Å². The van der Waals surface area contributed by atoms with Crippen LogP contribution in [0, 0.1) is 6.92 Å². The van der Waals surface area contributed by atoms with Gasteiger partial charge >= 0.3 is 0 Å². The van der Waals surface area contributed by atoms with E-state index in [0.717, 1.165) is 59.6 Å². The maximum absolute atomic E-state index is 13.3. The van der Waals surface area contributed by atoms with Gasteiger partial charge in [0.05, 0.1) is 4.90 Å². The summed E-state index contributed by atoms with van der Waals surface area (Å²) in [6, 6.07) is 37.9. The summed E-state index contributed by atoms with van der Waals surface area (Å²) in [4.78, 5) is 33.1. The van der Waals surface area contributed by atoms with Gasteiger partial charge in [0, 0.05) is 91.9 Å². The Balaban J connectivity index is 1.03. The topological polar surface area (TPSA) is 102 Å². The lowest BCUT2D eigenvalue weighted by atomic mass is 9.99. The predicted octanol–water partition coefficient (Wildman–Crippen LogP) is 7.81. The van der Waals surface area contributed by atoms with Crippen molar-refractivity contribution in [3.8, 4) is 11.1 Å². The third kappa shape index (κ3) is 10.7. The average Bonchev–Trinajstić information content (AvgIpc) is 3.19. The van der Waals surface area contributed by atoms with Crippen molar-refractivity contribution in [3.05, 3.63) is 143 Å². The van der Waals surface area contributed by atoms with E-state index < -0.39 is 15.9 Å². The van der Waals surface area contributed by atoms with Crippen LogP contribution >= 0.6 is 23.4 Å². The van der Waals surface area contributed by atoms with Gasteiger partial charge in [-0.2, -0.15) is 0 Å². The van der Waals surface area contributed by atoms with E-state index in [-0.39, 0.29) is 28.8 Å². The zero-order valence-corrected chi connectivity index (χ0v) is 33.6. The summed E-state index contributed by atoms with van der Waals surface area (Å²) in [5, 5.41) is 4.16. The van der Waals surface area contributed by atoms with Gasteiger partial charge in [-0.3, -0.25) is 14.5 Å². The number of piperazine rings is 1. The number of anilines is 2. The second kappa shape index (κ2) is 18.2. The highest BCUT2D eigenvalue weighted by Crippen LogP contribution is 2.28. The van der Waals surface area contributed by atoms with Gasteiger partial charge in [-0.25, -0.2) is 13.1 Å². The molecule has 5 aromatic carbocycles. The smallest absolute Gasteiger partial charge is 0.264 e. The summed E-state index contributed by atoms with van der Waals surface area (Å²) in [6.45, 7) is 6.05. The van der Waals surface area contributed by atoms with Gasteiger partial charge < -0.3 is 15.1 Å². The zero-order chi connectivity index (χ0) is 39.0. The SMILES string of the molecule is Cc1cc(S(=O)(=O)NC(=O)c2ccc(N3CCN(Cc4ccccc4-c4ccc(Cl)cc4)CC3)cc2)ccc1N[C@@H](CSc1ccccc1)CC(=O)N(C)C. The number of thioether (sulfide) groups is 1. The molecule has 0 bridgehead atoms. The number of nitrogens with zero attached hydrogens (tertiary/aromatic N) is 3. The molecule has 1 heterocycles. The van der Waals surface area contributed by atoms with Crippen molar-refractivity contribution in [1.29, 1.82) is 0 Å². The number of nitrogens with one attached hydrogen (secondary N) is 2. The van der Waals surface area contributed by atoms with Gasteiger partial charge in [-0.1, -0.05) is 66.2 Å². The Morgan fingerprint density at radius 1 is 0.836 bits per heavy atom. The second-order valence-electron chi connectivity index (χ2n) is 13.8. The van der Waals surface area contributed by atoms with Crippen molar-refractivity contribution in [2.75, 3.05) is 56.2 Å². The quantitative estimate of drug-likeness (QED) is 0.110. The van der Waals surface area contributed by atoms with Crippen LogP contribution in [0.15, 0.2) is 131 Å². The first-order chi connectivity index (χ1) is 26.4. The molecule has 6 rings (SSSR count). The van der Waals surface area contributed by atoms with Gasteiger partial charge in [0.1, 0.15) is 0 Å². The average molecular weight is 796 g/mol. The summed E-state index contributed by atoms with van der Waals surface area (Å²) in [6.07, 6.45) is 0.276. The van der Waals surface area contributed by atoms with Crippen LogP contribution in [0.25, 0.3) is 11.1 Å². The van der Waals surface area contributed by atoms with E-state index in [0.29, 0.717) is 11.3 Å². The van der Waals surface area contributed by atoms with Crippen LogP contribution < -0.4 is 14.9 Å². The summed E-state index contributed by atoms with van der Waals surface area (Å²) >= 11 is 7.76. The Morgan fingerprint density at radius 3 is 2.18 bits per heavy atom. The van der Waals surface area contributed by atoms with Gasteiger partial charge in [0.2, 0.25) is 5.91 Å². The zero-order valence-electron chi connectivity index (χ0n) is 31.2. The van der Waals surface area contributed by atoms with Crippen molar-refractivity contribution in [2.24, 2.45) is 0 Å². The highest BCUT2D eigenvalue weighted by atomic mass is 35.5. The van der Waals surface area contributed by atoms with Crippen molar-refractivity contribution in [1.82, 2.24) is 14.5 Å². The molecule has 2 N–H and O–H groups in total. The van der Waals surface area contributed by atoms with Gasteiger partial charge in [0.15, 0.2) is 0 Å². The Kier molecular flexibility index (Phi) is 13.2. The number of rotatable bonds is 14. The number of halogens is 1. The largest absolute Gasteiger partial charge is 0.381 e. The molecule has 1 saturated heterocycles.